The Morgan fingerprint density at radius 1 is 0.524 bits per heavy atom. The highest BCUT2D eigenvalue weighted by atomic mass is 16.7. The molecule has 0 bridgehead atoms. The van der Waals surface area contributed by atoms with E-state index in [1.54, 1.807) is 0 Å². The summed E-state index contributed by atoms with van der Waals surface area (Å²) in [5, 5.41) is 0. The molecule has 3 aromatic carbocycles. The van der Waals surface area contributed by atoms with E-state index in [0.29, 0.717) is 17.5 Å². The molecule has 2 aliphatic heterocycles. The molecule has 6 rings (SSSR count). The second kappa shape index (κ2) is 10.1. The summed E-state index contributed by atoms with van der Waals surface area (Å²) in [6.45, 7) is 17.1. The summed E-state index contributed by atoms with van der Waals surface area (Å²) in [6, 6.07) is 26.5. The molecule has 3 heterocycles. The Balaban J connectivity index is 1.52. The van der Waals surface area contributed by atoms with Crippen LogP contribution in [0.1, 0.15) is 55.4 Å². The highest BCUT2D eigenvalue weighted by Gasteiger charge is 2.53. The van der Waals surface area contributed by atoms with Crippen molar-refractivity contribution in [2.45, 2.75) is 78.5 Å². The van der Waals surface area contributed by atoms with Crippen molar-refractivity contribution >= 4 is 25.0 Å². The number of aromatic nitrogens is 3. The lowest BCUT2D eigenvalue weighted by Crippen LogP contribution is -2.41. The van der Waals surface area contributed by atoms with Crippen molar-refractivity contribution in [3.05, 3.63) is 78.9 Å². The van der Waals surface area contributed by atoms with E-state index in [0.717, 1.165) is 33.9 Å². The number of hydrogen-bond donors (Lipinski definition) is 0. The van der Waals surface area contributed by atoms with Crippen LogP contribution in [-0.2, 0) is 14.0 Å². The molecule has 2 fully saturated rings. The van der Waals surface area contributed by atoms with Gasteiger partial charge < -0.3 is 14.0 Å². The minimum Gasteiger partial charge on any atom is -0.426 e. The fraction of sp³-hybridized carbons (Fsp3) is 0.382. The molecule has 0 radical (unpaired) electrons. The maximum atomic E-state index is 6.69. The van der Waals surface area contributed by atoms with E-state index < -0.39 is 18.3 Å². The Kier molecular flexibility index (Phi) is 6.95. The van der Waals surface area contributed by atoms with Crippen LogP contribution in [0.5, 0.6) is 0 Å². The van der Waals surface area contributed by atoms with Crippen LogP contribution in [0.2, 0.25) is 6.32 Å². The lowest BCUT2D eigenvalue weighted by Gasteiger charge is -2.34. The zero-order chi connectivity index (χ0) is 29.9. The van der Waals surface area contributed by atoms with Crippen LogP contribution in [0.4, 0.5) is 0 Å². The number of rotatable bonds is 5. The molecule has 8 heteroatoms. The smallest absolute Gasteiger partial charge is 0.426 e. The fourth-order valence-electron chi connectivity index (χ4n) is 5.50. The van der Waals surface area contributed by atoms with Gasteiger partial charge in [0.2, 0.25) is 0 Å². The van der Waals surface area contributed by atoms with E-state index in [-0.39, 0.29) is 17.9 Å². The minimum atomic E-state index is -0.528. The third-order valence-electron chi connectivity index (χ3n) is 9.59. The standard InChI is InChI=1S/C34H39B2N3O3/c1-31(2)22-35(40-32(31,3)4)26-19-25(20-27(21-26)36-41-33(5,6)34(7,8)42-36)30-38-28(23-15-11-9-12-16-23)37-29(39-30)24-17-13-10-14-18-24/h9-21H,22H2,1-8H3. The first-order valence-electron chi connectivity index (χ1n) is 14.8. The van der Waals surface area contributed by atoms with Gasteiger partial charge in [-0.1, -0.05) is 92.7 Å². The second-order valence-corrected chi connectivity index (χ2v) is 13.7. The monoisotopic (exact) mass is 559 g/mol. The highest BCUT2D eigenvalue weighted by molar-refractivity contribution is 6.70. The van der Waals surface area contributed by atoms with Gasteiger partial charge in [-0.15, -0.1) is 0 Å². The van der Waals surface area contributed by atoms with Crippen LogP contribution >= 0.6 is 0 Å². The molecule has 1 aromatic heterocycles. The Labute approximate surface area is 250 Å². The van der Waals surface area contributed by atoms with E-state index in [4.69, 9.17) is 28.9 Å². The first-order chi connectivity index (χ1) is 19.7. The zero-order valence-electron chi connectivity index (χ0n) is 25.9. The summed E-state index contributed by atoms with van der Waals surface area (Å²) in [4.78, 5) is 14.9. The first-order valence-corrected chi connectivity index (χ1v) is 14.8. The number of benzene rings is 3. The van der Waals surface area contributed by atoms with Crippen LogP contribution < -0.4 is 10.9 Å². The molecule has 0 N–H and O–H groups in total. The lowest BCUT2D eigenvalue weighted by molar-refractivity contribution is 0.00578. The average Bonchev–Trinajstić information content (AvgIpc) is 3.33. The van der Waals surface area contributed by atoms with E-state index in [2.05, 4.69) is 73.6 Å². The van der Waals surface area contributed by atoms with Crippen molar-refractivity contribution in [2.75, 3.05) is 0 Å². The Hall–Kier alpha value is -3.32. The molecular weight excluding hydrogens is 520 g/mol. The van der Waals surface area contributed by atoms with Crippen molar-refractivity contribution in [1.82, 2.24) is 15.0 Å². The molecule has 0 saturated carbocycles. The summed E-state index contributed by atoms with van der Waals surface area (Å²) in [5.74, 6) is 1.85. The van der Waals surface area contributed by atoms with Gasteiger partial charge in [0.25, 0.3) is 0 Å². The maximum absolute atomic E-state index is 6.69. The Morgan fingerprint density at radius 3 is 1.43 bits per heavy atom. The molecule has 0 atom stereocenters. The van der Waals surface area contributed by atoms with Gasteiger partial charge >= 0.3 is 14.0 Å². The van der Waals surface area contributed by atoms with Crippen molar-refractivity contribution < 1.29 is 14.0 Å². The van der Waals surface area contributed by atoms with E-state index in [1.165, 1.54) is 0 Å². The van der Waals surface area contributed by atoms with Gasteiger partial charge in [0, 0.05) is 16.7 Å². The zero-order valence-corrected chi connectivity index (χ0v) is 25.9. The molecule has 0 amide bonds. The minimum absolute atomic E-state index is 0.00625. The van der Waals surface area contributed by atoms with E-state index in [9.17, 15) is 0 Å². The normalized spacial score (nSPS) is 20.2. The van der Waals surface area contributed by atoms with Crippen molar-refractivity contribution in [3.63, 3.8) is 0 Å². The van der Waals surface area contributed by atoms with Gasteiger partial charge in [-0.05, 0) is 64.2 Å². The topological polar surface area (TPSA) is 66.4 Å². The van der Waals surface area contributed by atoms with Gasteiger partial charge in [-0.3, -0.25) is 0 Å². The van der Waals surface area contributed by atoms with Gasteiger partial charge in [0.05, 0.1) is 16.8 Å². The van der Waals surface area contributed by atoms with Gasteiger partial charge in [-0.2, -0.15) is 0 Å². The molecular formula is C34H39B2N3O3. The molecule has 42 heavy (non-hydrogen) atoms. The van der Waals surface area contributed by atoms with Crippen molar-refractivity contribution in [1.29, 1.82) is 0 Å². The lowest BCUT2D eigenvalue weighted by atomic mass is 9.53. The second-order valence-electron chi connectivity index (χ2n) is 13.7. The number of nitrogens with zero attached hydrogens (tertiary/aromatic N) is 3. The van der Waals surface area contributed by atoms with Crippen LogP contribution in [0.25, 0.3) is 34.2 Å². The third-order valence-corrected chi connectivity index (χ3v) is 9.59. The fourth-order valence-corrected chi connectivity index (χ4v) is 5.50. The predicted octanol–water partition coefficient (Wildman–Crippen LogP) is 6.21. The van der Waals surface area contributed by atoms with Crippen LogP contribution in [0, 0.1) is 5.41 Å². The predicted molar refractivity (Wildman–Crippen MR) is 171 cm³/mol. The van der Waals surface area contributed by atoms with Crippen LogP contribution in [0.15, 0.2) is 78.9 Å². The SMILES string of the molecule is CC1(C)CB(c2cc(B3OC(C)(C)C(C)(C)O3)cc(-c3nc(-c4ccccc4)nc(-c4ccccc4)n3)c2)OC1(C)C. The van der Waals surface area contributed by atoms with E-state index in [1.807, 2.05) is 60.7 Å². The van der Waals surface area contributed by atoms with Crippen molar-refractivity contribution in [2.24, 2.45) is 5.41 Å². The van der Waals surface area contributed by atoms with Crippen LogP contribution in [-0.4, -0.2) is 45.8 Å². The summed E-state index contributed by atoms with van der Waals surface area (Å²) in [7, 11) is -0.528. The molecule has 2 saturated heterocycles. The summed E-state index contributed by atoms with van der Waals surface area (Å²) < 4.78 is 19.7. The van der Waals surface area contributed by atoms with E-state index >= 15 is 0 Å². The van der Waals surface area contributed by atoms with Gasteiger partial charge in [0.15, 0.2) is 17.5 Å². The highest BCUT2D eigenvalue weighted by Crippen LogP contribution is 2.45. The third kappa shape index (κ3) is 5.21. The summed E-state index contributed by atoms with van der Waals surface area (Å²) in [5.41, 5.74) is 3.55. The average molecular weight is 559 g/mol. The molecule has 6 nitrogen and oxygen atoms in total. The Morgan fingerprint density at radius 2 is 0.976 bits per heavy atom. The van der Waals surface area contributed by atoms with Gasteiger partial charge in [0.1, 0.15) is 0 Å². The quantitative estimate of drug-likeness (QED) is 0.271. The van der Waals surface area contributed by atoms with Crippen LogP contribution in [0.3, 0.4) is 0 Å². The molecule has 214 valence electrons. The molecule has 0 unspecified atom stereocenters. The molecule has 0 aliphatic carbocycles. The maximum Gasteiger partial charge on any atom is 0.494 e. The largest absolute Gasteiger partial charge is 0.494 e. The molecule has 4 aromatic rings. The summed E-state index contributed by atoms with van der Waals surface area (Å²) >= 11 is 0. The molecule has 0 spiro atoms. The molecule has 2 aliphatic rings. The Bertz CT molecular complexity index is 1460. The first kappa shape index (κ1) is 28.8. The summed E-state index contributed by atoms with van der Waals surface area (Å²) in [6.07, 6.45) is 0.897. The van der Waals surface area contributed by atoms with Gasteiger partial charge in [-0.25, -0.2) is 15.0 Å². The van der Waals surface area contributed by atoms with Crippen molar-refractivity contribution in [3.8, 4) is 34.2 Å². The number of hydrogen-bond acceptors (Lipinski definition) is 6.